The molecule has 1 heteroatoms. The van der Waals surface area contributed by atoms with Crippen molar-refractivity contribution in [3.8, 4) is 0 Å². The summed E-state index contributed by atoms with van der Waals surface area (Å²) >= 11 is 0. The maximum absolute atomic E-state index is 5.40. The topological polar surface area (TPSA) is 26.0 Å². The summed E-state index contributed by atoms with van der Waals surface area (Å²) in [6, 6.07) is 0. The Labute approximate surface area is 63.3 Å². The van der Waals surface area contributed by atoms with Crippen LogP contribution in [0.15, 0.2) is 11.6 Å². The molecule has 0 unspecified atom stereocenters. The van der Waals surface area contributed by atoms with Crippen molar-refractivity contribution < 1.29 is 0 Å². The lowest BCUT2D eigenvalue weighted by Crippen LogP contribution is -1.98. The molecule has 0 aromatic rings. The zero-order valence-corrected chi connectivity index (χ0v) is 6.60. The van der Waals surface area contributed by atoms with E-state index >= 15 is 0 Å². The molecule has 1 aliphatic carbocycles. The average Bonchev–Trinajstić information content (AvgIpc) is 2.03. The molecule has 10 heavy (non-hydrogen) atoms. The Balaban J connectivity index is 2.23. The van der Waals surface area contributed by atoms with E-state index < -0.39 is 0 Å². The summed E-state index contributed by atoms with van der Waals surface area (Å²) in [5.74, 6) is 0. The lowest BCUT2D eigenvalue weighted by atomic mass is 9.94. The first-order valence-corrected chi connectivity index (χ1v) is 4.31. The first kappa shape index (κ1) is 7.80. The SMILES string of the molecule is NCCC=C1CCCCC1. The van der Waals surface area contributed by atoms with Gasteiger partial charge in [-0.2, -0.15) is 0 Å². The number of hydrogen-bond acceptors (Lipinski definition) is 1. The van der Waals surface area contributed by atoms with Crippen LogP contribution in [0.1, 0.15) is 38.5 Å². The summed E-state index contributed by atoms with van der Waals surface area (Å²) in [5.41, 5.74) is 7.05. The van der Waals surface area contributed by atoms with Crippen LogP contribution in [0.2, 0.25) is 0 Å². The van der Waals surface area contributed by atoms with Gasteiger partial charge in [0.2, 0.25) is 0 Å². The minimum Gasteiger partial charge on any atom is -0.330 e. The lowest BCUT2D eigenvalue weighted by Gasteiger charge is -2.12. The molecule has 58 valence electrons. The smallest absolute Gasteiger partial charge is 0.00425 e. The van der Waals surface area contributed by atoms with E-state index in [1.54, 1.807) is 5.57 Å². The van der Waals surface area contributed by atoms with Crippen molar-refractivity contribution in [3.63, 3.8) is 0 Å². The Morgan fingerprint density at radius 1 is 1.20 bits per heavy atom. The Bertz CT molecular complexity index is 108. The van der Waals surface area contributed by atoms with E-state index in [-0.39, 0.29) is 0 Å². The minimum atomic E-state index is 0.809. The molecule has 1 rings (SSSR count). The van der Waals surface area contributed by atoms with Gasteiger partial charge in [0.25, 0.3) is 0 Å². The van der Waals surface area contributed by atoms with Gasteiger partial charge in [-0.3, -0.25) is 0 Å². The highest BCUT2D eigenvalue weighted by atomic mass is 14.5. The minimum absolute atomic E-state index is 0.809. The first-order valence-electron chi connectivity index (χ1n) is 4.31. The number of allylic oxidation sites excluding steroid dienone is 1. The highest BCUT2D eigenvalue weighted by Gasteiger charge is 2.03. The highest BCUT2D eigenvalue weighted by Crippen LogP contribution is 2.22. The van der Waals surface area contributed by atoms with Crippen molar-refractivity contribution in [3.05, 3.63) is 11.6 Å². The molecule has 0 bridgehead atoms. The predicted molar refractivity (Wildman–Crippen MR) is 44.8 cm³/mol. The molecule has 0 radical (unpaired) electrons. The van der Waals surface area contributed by atoms with Crippen LogP contribution < -0.4 is 5.73 Å². The van der Waals surface area contributed by atoms with Crippen molar-refractivity contribution in [2.24, 2.45) is 5.73 Å². The molecule has 0 spiro atoms. The van der Waals surface area contributed by atoms with E-state index in [2.05, 4.69) is 6.08 Å². The fourth-order valence-corrected chi connectivity index (χ4v) is 1.50. The summed E-state index contributed by atoms with van der Waals surface area (Å²) in [5, 5.41) is 0. The van der Waals surface area contributed by atoms with Crippen LogP contribution in [0, 0.1) is 0 Å². The quantitative estimate of drug-likeness (QED) is 0.583. The van der Waals surface area contributed by atoms with Gasteiger partial charge in [0, 0.05) is 0 Å². The third-order valence-electron chi connectivity index (χ3n) is 2.10. The van der Waals surface area contributed by atoms with E-state index in [4.69, 9.17) is 5.73 Å². The van der Waals surface area contributed by atoms with Gasteiger partial charge >= 0.3 is 0 Å². The zero-order valence-electron chi connectivity index (χ0n) is 6.60. The van der Waals surface area contributed by atoms with Gasteiger partial charge in [-0.1, -0.05) is 18.1 Å². The van der Waals surface area contributed by atoms with Crippen LogP contribution >= 0.6 is 0 Å². The zero-order chi connectivity index (χ0) is 7.23. The van der Waals surface area contributed by atoms with Gasteiger partial charge in [0.05, 0.1) is 0 Å². The molecule has 1 saturated carbocycles. The molecule has 0 aromatic carbocycles. The van der Waals surface area contributed by atoms with Gasteiger partial charge in [0.15, 0.2) is 0 Å². The second-order valence-electron chi connectivity index (χ2n) is 3.00. The molecule has 0 saturated heterocycles. The van der Waals surface area contributed by atoms with E-state index in [0.717, 1.165) is 13.0 Å². The Morgan fingerprint density at radius 3 is 2.50 bits per heavy atom. The van der Waals surface area contributed by atoms with E-state index in [1.807, 2.05) is 0 Å². The van der Waals surface area contributed by atoms with Crippen LogP contribution in [0.4, 0.5) is 0 Å². The summed E-state index contributed by atoms with van der Waals surface area (Å²) in [4.78, 5) is 0. The summed E-state index contributed by atoms with van der Waals surface area (Å²) in [6.45, 7) is 0.809. The van der Waals surface area contributed by atoms with E-state index in [9.17, 15) is 0 Å². The van der Waals surface area contributed by atoms with E-state index in [0.29, 0.717) is 0 Å². The molecule has 1 fully saturated rings. The average molecular weight is 139 g/mol. The molecule has 1 aliphatic rings. The molecule has 0 atom stereocenters. The molecular formula is C9H17N. The van der Waals surface area contributed by atoms with Gasteiger partial charge in [-0.05, 0) is 38.6 Å². The highest BCUT2D eigenvalue weighted by molar-refractivity contribution is 5.03. The van der Waals surface area contributed by atoms with Crippen LogP contribution in [0.5, 0.6) is 0 Å². The largest absolute Gasteiger partial charge is 0.330 e. The fraction of sp³-hybridized carbons (Fsp3) is 0.778. The van der Waals surface area contributed by atoms with Crippen molar-refractivity contribution in [1.82, 2.24) is 0 Å². The number of nitrogens with two attached hydrogens (primary N) is 1. The molecule has 0 aromatic heterocycles. The number of rotatable bonds is 2. The van der Waals surface area contributed by atoms with Crippen LogP contribution in [-0.2, 0) is 0 Å². The van der Waals surface area contributed by atoms with Crippen molar-refractivity contribution in [2.45, 2.75) is 38.5 Å². The maximum Gasteiger partial charge on any atom is -0.00425 e. The Morgan fingerprint density at radius 2 is 1.90 bits per heavy atom. The summed E-state index contributed by atoms with van der Waals surface area (Å²) in [7, 11) is 0. The Hall–Kier alpha value is -0.300. The van der Waals surface area contributed by atoms with Crippen molar-refractivity contribution in [1.29, 1.82) is 0 Å². The fourth-order valence-electron chi connectivity index (χ4n) is 1.50. The molecule has 0 amide bonds. The van der Waals surface area contributed by atoms with Gasteiger partial charge in [-0.15, -0.1) is 0 Å². The van der Waals surface area contributed by atoms with Gasteiger partial charge < -0.3 is 5.73 Å². The van der Waals surface area contributed by atoms with Crippen molar-refractivity contribution in [2.75, 3.05) is 6.54 Å². The third kappa shape index (κ3) is 2.53. The molecule has 0 aliphatic heterocycles. The normalized spacial score (nSPS) is 19.1. The van der Waals surface area contributed by atoms with Crippen molar-refractivity contribution >= 4 is 0 Å². The predicted octanol–water partition coefficient (Wildman–Crippen LogP) is 2.23. The van der Waals surface area contributed by atoms with Crippen LogP contribution in [0.25, 0.3) is 0 Å². The van der Waals surface area contributed by atoms with Crippen LogP contribution in [0.3, 0.4) is 0 Å². The van der Waals surface area contributed by atoms with Gasteiger partial charge in [-0.25, -0.2) is 0 Å². The third-order valence-corrected chi connectivity index (χ3v) is 2.10. The molecular weight excluding hydrogens is 122 g/mol. The van der Waals surface area contributed by atoms with E-state index in [1.165, 1.54) is 32.1 Å². The lowest BCUT2D eigenvalue weighted by molar-refractivity contribution is 0.596. The first-order chi connectivity index (χ1) is 4.93. The standard InChI is InChI=1S/C9H17N/c10-8-4-7-9-5-2-1-3-6-9/h7H,1-6,8,10H2. The second-order valence-corrected chi connectivity index (χ2v) is 3.00. The summed E-state index contributed by atoms with van der Waals surface area (Å²) < 4.78 is 0. The number of hydrogen-bond donors (Lipinski definition) is 1. The monoisotopic (exact) mass is 139 g/mol. The Kier molecular flexibility index (Phi) is 3.52. The maximum atomic E-state index is 5.40. The molecule has 1 nitrogen and oxygen atoms in total. The van der Waals surface area contributed by atoms with Crippen LogP contribution in [-0.4, -0.2) is 6.54 Å². The molecule has 0 heterocycles. The summed E-state index contributed by atoms with van der Waals surface area (Å²) in [6.07, 6.45) is 10.3. The van der Waals surface area contributed by atoms with Gasteiger partial charge in [0.1, 0.15) is 0 Å². The second kappa shape index (κ2) is 4.51. The molecule has 2 N–H and O–H groups in total.